The maximum absolute atomic E-state index is 11.6. The molecule has 0 unspecified atom stereocenters. The number of carbonyl (C=O) groups is 1. The molecule has 2 rings (SSSR count). The summed E-state index contributed by atoms with van der Waals surface area (Å²) in [5, 5.41) is 2.89. The SMILES string of the molecule is COc1ccc(NC(=O)[C@@H]2C[C@H]2C)cc1. The predicted octanol–water partition coefficient (Wildman–Crippen LogP) is 2.29. The lowest BCUT2D eigenvalue weighted by molar-refractivity contribution is -0.117. The van der Waals surface area contributed by atoms with E-state index >= 15 is 0 Å². The first kappa shape index (κ1) is 10.0. The Bertz CT molecular complexity index is 358. The highest BCUT2D eigenvalue weighted by Gasteiger charge is 2.38. The van der Waals surface area contributed by atoms with E-state index in [0.29, 0.717) is 5.92 Å². The van der Waals surface area contributed by atoms with Crippen molar-refractivity contribution in [2.45, 2.75) is 13.3 Å². The van der Waals surface area contributed by atoms with E-state index in [0.717, 1.165) is 17.9 Å². The highest BCUT2D eigenvalue weighted by atomic mass is 16.5. The van der Waals surface area contributed by atoms with Gasteiger partial charge in [-0.25, -0.2) is 0 Å². The summed E-state index contributed by atoms with van der Waals surface area (Å²) in [6.45, 7) is 2.10. The molecule has 1 saturated carbocycles. The van der Waals surface area contributed by atoms with Gasteiger partial charge in [-0.1, -0.05) is 6.92 Å². The van der Waals surface area contributed by atoms with Crippen molar-refractivity contribution in [3.05, 3.63) is 24.3 Å². The lowest BCUT2D eigenvalue weighted by atomic mass is 10.2. The summed E-state index contributed by atoms with van der Waals surface area (Å²) in [7, 11) is 1.62. The number of hydrogen-bond acceptors (Lipinski definition) is 2. The number of anilines is 1. The van der Waals surface area contributed by atoms with Crippen molar-refractivity contribution in [3.63, 3.8) is 0 Å². The Kier molecular flexibility index (Phi) is 2.62. The quantitative estimate of drug-likeness (QED) is 0.822. The first-order chi connectivity index (χ1) is 7.20. The van der Waals surface area contributed by atoms with Crippen LogP contribution in [0.2, 0.25) is 0 Å². The summed E-state index contributed by atoms with van der Waals surface area (Å²) in [6, 6.07) is 7.38. The van der Waals surface area contributed by atoms with Gasteiger partial charge in [-0.05, 0) is 36.6 Å². The molecule has 80 valence electrons. The Morgan fingerprint density at radius 1 is 1.40 bits per heavy atom. The Hall–Kier alpha value is -1.51. The van der Waals surface area contributed by atoms with Crippen molar-refractivity contribution in [2.75, 3.05) is 12.4 Å². The second-order valence-corrected chi connectivity index (χ2v) is 4.04. The number of carbonyl (C=O) groups excluding carboxylic acids is 1. The minimum absolute atomic E-state index is 0.132. The minimum Gasteiger partial charge on any atom is -0.497 e. The topological polar surface area (TPSA) is 38.3 Å². The van der Waals surface area contributed by atoms with Crippen molar-refractivity contribution in [1.29, 1.82) is 0 Å². The van der Waals surface area contributed by atoms with Crippen molar-refractivity contribution >= 4 is 11.6 Å². The van der Waals surface area contributed by atoms with Gasteiger partial charge in [0.15, 0.2) is 0 Å². The molecule has 0 bridgehead atoms. The fourth-order valence-corrected chi connectivity index (χ4v) is 1.60. The van der Waals surface area contributed by atoms with Crippen LogP contribution in [0.25, 0.3) is 0 Å². The van der Waals surface area contributed by atoms with Crippen LogP contribution in [-0.2, 0) is 4.79 Å². The van der Waals surface area contributed by atoms with Gasteiger partial charge in [0, 0.05) is 11.6 Å². The Morgan fingerprint density at radius 3 is 2.47 bits per heavy atom. The molecule has 1 aliphatic rings. The average molecular weight is 205 g/mol. The maximum Gasteiger partial charge on any atom is 0.227 e. The zero-order chi connectivity index (χ0) is 10.8. The molecule has 1 aromatic rings. The first-order valence-corrected chi connectivity index (χ1v) is 5.15. The first-order valence-electron chi connectivity index (χ1n) is 5.15. The van der Waals surface area contributed by atoms with Crippen LogP contribution in [0.5, 0.6) is 5.75 Å². The normalized spacial score (nSPS) is 23.3. The van der Waals surface area contributed by atoms with Gasteiger partial charge in [-0.2, -0.15) is 0 Å². The lowest BCUT2D eigenvalue weighted by Crippen LogP contribution is -2.14. The molecule has 3 nitrogen and oxygen atoms in total. The summed E-state index contributed by atoms with van der Waals surface area (Å²) in [5.41, 5.74) is 0.833. The number of rotatable bonds is 3. The van der Waals surface area contributed by atoms with E-state index < -0.39 is 0 Å². The second-order valence-electron chi connectivity index (χ2n) is 4.04. The van der Waals surface area contributed by atoms with Gasteiger partial charge in [-0.3, -0.25) is 4.79 Å². The van der Waals surface area contributed by atoms with Crippen LogP contribution in [0.15, 0.2) is 24.3 Å². The molecule has 0 spiro atoms. The van der Waals surface area contributed by atoms with Crippen LogP contribution in [-0.4, -0.2) is 13.0 Å². The summed E-state index contributed by atoms with van der Waals surface area (Å²) in [4.78, 5) is 11.6. The molecule has 1 aliphatic carbocycles. The van der Waals surface area contributed by atoms with E-state index in [1.165, 1.54) is 0 Å². The third-order valence-electron chi connectivity index (χ3n) is 2.80. The van der Waals surface area contributed by atoms with Crippen molar-refractivity contribution in [3.8, 4) is 5.75 Å². The van der Waals surface area contributed by atoms with E-state index in [1.807, 2.05) is 24.3 Å². The molecule has 1 N–H and O–H groups in total. The molecule has 0 aromatic heterocycles. The highest BCUT2D eigenvalue weighted by molar-refractivity contribution is 5.94. The van der Waals surface area contributed by atoms with Gasteiger partial charge >= 0.3 is 0 Å². The van der Waals surface area contributed by atoms with Crippen molar-refractivity contribution < 1.29 is 9.53 Å². The van der Waals surface area contributed by atoms with Crippen LogP contribution < -0.4 is 10.1 Å². The average Bonchev–Trinajstić information content (AvgIpc) is 2.97. The minimum atomic E-state index is 0.132. The van der Waals surface area contributed by atoms with Crippen LogP contribution in [0.3, 0.4) is 0 Å². The molecule has 3 heteroatoms. The second kappa shape index (κ2) is 3.93. The van der Waals surface area contributed by atoms with E-state index in [2.05, 4.69) is 12.2 Å². The lowest BCUT2D eigenvalue weighted by Gasteiger charge is -2.05. The third-order valence-corrected chi connectivity index (χ3v) is 2.80. The molecule has 0 radical (unpaired) electrons. The van der Waals surface area contributed by atoms with Gasteiger partial charge < -0.3 is 10.1 Å². The molecule has 15 heavy (non-hydrogen) atoms. The standard InChI is InChI=1S/C12H15NO2/c1-8-7-11(8)12(14)13-9-3-5-10(15-2)6-4-9/h3-6,8,11H,7H2,1-2H3,(H,13,14)/t8-,11-/m1/s1. The molecule has 0 aliphatic heterocycles. The summed E-state index contributed by atoms with van der Waals surface area (Å²) in [5.74, 6) is 1.69. The fraction of sp³-hybridized carbons (Fsp3) is 0.417. The zero-order valence-electron chi connectivity index (χ0n) is 8.99. The van der Waals surface area contributed by atoms with Crippen LogP contribution in [0, 0.1) is 11.8 Å². The smallest absolute Gasteiger partial charge is 0.227 e. The molecular weight excluding hydrogens is 190 g/mol. The molecule has 1 aromatic carbocycles. The van der Waals surface area contributed by atoms with E-state index in [4.69, 9.17) is 4.74 Å². The van der Waals surface area contributed by atoms with E-state index in [-0.39, 0.29) is 11.8 Å². The monoisotopic (exact) mass is 205 g/mol. The zero-order valence-corrected chi connectivity index (χ0v) is 8.99. The third kappa shape index (κ3) is 2.29. The summed E-state index contributed by atoms with van der Waals surface area (Å²) < 4.78 is 5.04. The number of benzene rings is 1. The molecule has 1 amide bonds. The number of hydrogen-bond donors (Lipinski definition) is 1. The number of methoxy groups -OCH3 is 1. The van der Waals surface area contributed by atoms with Crippen molar-refractivity contribution in [2.24, 2.45) is 11.8 Å². The van der Waals surface area contributed by atoms with Crippen molar-refractivity contribution in [1.82, 2.24) is 0 Å². The molecule has 0 saturated heterocycles. The molecule has 0 heterocycles. The Balaban J connectivity index is 1.95. The predicted molar refractivity (Wildman–Crippen MR) is 58.9 cm³/mol. The molecular formula is C12H15NO2. The summed E-state index contributed by atoms with van der Waals surface area (Å²) >= 11 is 0. The highest BCUT2D eigenvalue weighted by Crippen LogP contribution is 2.38. The Labute approximate surface area is 89.4 Å². The number of ether oxygens (including phenoxy) is 1. The molecule has 2 atom stereocenters. The Morgan fingerprint density at radius 2 is 2.00 bits per heavy atom. The van der Waals surface area contributed by atoms with Gasteiger partial charge in [0.05, 0.1) is 7.11 Å². The maximum atomic E-state index is 11.6. The van der Waals surface area contributed by atoms with Gasteiger partial charge in [-0.15, -0.1) is 0 Å². The van der Waals surface area contributed by atoms with Gasteiger partial charge in [0.2, 0.25) is 5.91 Å². The molecule has 1 fully saturated rings. The number of amides is 1. The van der Waals surface area contributed by atoms with E-state index in [9.17, 15) is 4.79 Å². The van der Waals surface area contributed by atoms with E-state index in [1.54, 1.807) is 7.11 Å². The summed E-state index contributed by atoms with van der Waals surface area (Å²) in [6.07, 6.45) is 1.02. The van der Waals surface area contributed by atoms with Crippen LogP contribution in [0.1, 0.15) is 13.3 Å². The fourth-order valence-electron chi connectivity index (χ4n) is 1.60. The van der Waals surface area contributed by atoms with Crippen LogP contribution in [0.4, 0.5) is 5.69 Å². The van der Waals surface area contributed by atoms with Gasteiger partial charge in [0.1, 0.15) is 5.75 Å². The largest absolute Gasteiger partial charge is 0.497 e. The number of nitrogens with one attached hydrogen (secondary N) is 1. The van der Waals surface area contributed by atoms with Crippen LogP contribution >= 0.6 is 0 Å². The van der Waals surface area contributed by atoms with Gasteiger partial charge in [0.25, 0.3) is 0 Å².